The van der Waals surface area contributed by atoms with Crippen LogP contribution in [-0.2, 0) is 9.59 Å². The molecular weight excluding hydrogens is 241 g/mol. The van der Waals surface area contributed by atoms with Gasteiger partial charge in [-0.1, -0.05) is 0 Å². The molecule has 0 fully saturated rings. The fraction of sp³-hybridized carbons (Fsp3) is 0.778. The zero-order chi connectivity index (χ0) is 13.6. The molecular formula is C9H15F3N2O3. The van der Waals surface area contributed by atoms with Gasteiger partial charge in [0.25, 0.3) is 0 Å². The summed E-state index contributed by atoms with van der Waals surface area (Å²) in [4.78, 5) is 21.3. The van der Waals surface area contributed by atoms with Crippen LogP contribution >= 0.6 is 0 Å². The number of halogens is 3. The van der Waals surface area contributed by atoms with Gasteiger partial charge >= 0.3 is 12.1 Å². The summed E-state index contributed by atoms with van der Waals surface area (Å²) >= 11 is 0. The Balaban J connectivity index is 4.13. The molecule has 0 bridgehead atoms. The van der Waals surface area contributed by atoms with Crippen molar-refractivity contribution in [3.8, 4) is 0 Å². The lowest BCUT2D eigenvalue weighted by molar-refractivity contribution is -0.142. The second-order valence-corrected chi connectivity index (χ2v) is 3.72. The van der Waals surface area contributed by atoms with E-state index < -0.39 is 36.6 Å². The van der Waals surface area contributed by atoms with Gasteiger partial charge in [0.05, 0.1) is 6.42 Å². The van der Waals surface area contributed by atoms with Crippen molar-refractivity contribution >= 4 is 11.9 Å². The van der Waals surface area contributed by atoms with Crippen molar-refractivity contribution in [1.82, 2.24) is 10.6 Å². The van der Waals surface area contributed by atoms with Crippen LogP contribution in [0.2, 0.25) is 0 Å². The Morgan fingerprint density at radius 1 is 1.35 bits per heavy atom. The zero-order valence-corrected chi connectivity index (χ0v) is 9.47. The van der Waals surface area contributed by atoms with Crippen molar-refractivity contribution in [2.45, 2.75) is 38.5 Å². The van der Waals surface area contributed by atoms with Gasteiger partial charge in [-0.25, -0.2) is 4.79 Å². The van der Waals surface area contributed by atoms with Gasteiger partial charge in [0.1, 0.15) is 6.04 Å². The van der Waals surface area contributed by atoms with Crippen LogP contribution in [-0.4, -0.2) is 41.8 Å². The van der Waals surface area contributed by atoms with Gasteiger partial charge in [-0.15, -0.1) is 0 Å². The van der Waals surface area contributed by atoms with Crippen LogP contribution in [0.15, 0.2) is 0 Å². The van der Waals surface area contributed by atoms with Crippen LogP contribution in [0.3, 0.4) is 0 Å². The highest BCUT2D eigenvalue weighted by molar-refractivity contribution is 5.82. The molecule has 2 unspecified atom stereocenters. The van der Waals surface area contributed by atoms with Crippen LogP contribution in [0.4, 0.5) is 13.2 Å². The van der Waals surface area contributed by atoms with E-state index in [4.69, 9.17) is 5.11 Å². The SMILES string of the molecule is CC(=O)NC(CNC(C)CC(F)(F)F)C(=O)O. The largest absolute Gasteiger partial charge is 0.480 e. The summed E-state index contributed by atoms with van der Waals surface area (Å²) in [5, 5.41) is 13.2. The van der Waals surface area contributed by atoms with E-state index in [1.54, 1.807) is 0 Å². The van der Waals surface area contributed by atoms with Crippen LogP contribution in [0.1, 0.15) is 20.3 Å². The van der Waals surface area contributed by atoms with E-state index in [0.29, 0.717) is 0 Å². The molecule has 0 aliphatic carbocycles. The van der Waals surface area contributed by atoms with Gasteiger partial charge in [-0.3, -0.25) is 4.79 Å². The Morgan fingerprint density at radius 3 is 2.24 bits per heavy atom. The number of carbonyl (C=O) groups excluding carboxylic acids is 1. The number of nitrogens with one attached hydrogen (secondary N) is 2. The molecule has 2 atom stereocenters. The maximum absolute atomic E-state index is 12.0. The van der Waals surface area contributed by atoms with Gasteiger partial charge in [-0.05, 0) is 6.92 Å². The predicted octanol–water partition coefficient (Wildman–Crippen LogP) is 0.506. The van der Waals surface area contributed by atoms with Gasteiger partial charge in [0.2, 0.25) is 5.91 Å². The molecule has 0 saturated heterocycles. The molecule has 100 valence electrons. The fourth-order valence-electron chi connectivity index (χ4n) is 1.18. The van der Waals surface area contributed by atoms with Crippen molar-refractivity contribution in [3.05, 3.63) is 0 Å². The van der Waals surface area contributed by atoms with Gasteiger partial charge in [0, 0.05) is 19.5 Å². The Labute approximate surface area is 96.4 Å². The second kappa shape index (κ2) is 6.43. The van der Waals surface area contributed by atoms with Gasteiger partial charge in [-0.2, -0.15) is 13.2 Å². The number of carboxylic acid groups (broad SMARTS) is 1. The standard InChI is InChI=1S/C9H15F3N2O3/c1-5(3-9(10,11)12)13-4-7(8(16)17)14-6(2)15/h5,7,13H,3-4H2,1-2H3,(H,14,15)(H,16,17). The molecule has 0 saturated carbocycles. The number of rotatable bonds is 6. The third kappa shape index (κ3) is 8.49. The average molecular weight is 256 g/mol. The number of hydrogen-bond acceptors (Lipinski definition) is 3. The molecule has 0 radical (unpaired) electrons. The summed E-state index contributed by atoms with van der Waals surface area (Å²) in [5.74, 6) is -1.85. The first-order chi connectivity index (χ1) is 7.61. The first-order valence-corrected chi connectivity index (χ1v) is 4.92. The van der Waals surface area contributed by atoms with E-state index >= 15 is 0 Å². The molecule has 17 heavy (non-hydrogen) atoms. The summed E-state index contributed by atoms with van der Waals surface area (Å²) in [6.07, 6.45) is -5.36. The number of aliphatic carboxylic acids is 1. The minimum absolute atomic E-state index is 0.258. The van der Waals surface area contributed by atoms with E-state index in [0.717, 1.165) is 6.92 Å². The van der Waals surface area contributed by atoms with Crippen molar-refractivity contribution < 1.29 is 27.9 Å². The first-order valence-electron chi connectivity index (χ1n) is 4.92. The highest BCUT2D eigenvalue weighted by Crippen LogP contribution is 2.21. The normalized spacial score (nSPS) is 15.1. The van der Waals surface area contributed by atoms with Crippen molar-refractivity contribution in [3.63, 3.8) is 0 Å². The smallest absolute Gasteiger partial charge is 0.390 e. The van der Waals surface area contributed by atoms with Crippen LogP contribution in [0.5, 0.6) is 0 Å². The molecule has 0 aromatic heterocycles. The second-order valence-electron chi connectivity index (χ2n) is 3.72. The summed E-state index contributed by atoms with van der Waals surface area (Å²) in [6.45, 7) is 2.17. The van der Waals surface area contributed by atoms with Crippen molar-refractivity contribution in [2.75, 3.05) is 6.54 Å². The lowest BCUT2D eigenvalue weighted by atomic mass is 10.2. The molecule has 5 nitrogen and oxygen atoms in total. The first kappa shape index (κ1) is 15.7. The molecule has 0 rings (SSSR count). The summed E-state index contributed by atoms with van der Waals surface area (Å²) in [7, 11) is 0. The van der Waals surface area contributed by atoms with E-state index in [1.165, 1.54) is 6.92 Å². The molecule has 0 aromatic rings. The number of alkyl halides is 3. The molecule has 0 heterocycles. The molecule has 0 spiro atoms. The van der Waals surface area contributed by atoms with Crippen LogP contribution in [0, 0.1) is 0 Å². The molecule has 0 aliphatic heterocycles. The zero-order valence-electron chi connectivity index (χ0n) is 9.47. The third-order valence-electron chi connectivity index (χ3n) is 1.88. The quantitative estimate of drug-likeness (QED) is 0.647. The average Bonchev–Trinajstić information content (AvgIpc) is 2.08. The summed E-state index contributed by atoms with van der Waals surface area (Å²) < 4.78 is 35.9. The highest BCUT2D eigenvalue weighted by Gasteiger charge is 2.30. The van der Waals surface area contributed by atoms with E-state index in [9.17, 15) is 22.8 Å². The Kier molecular flexibility index (Phi) is 5.94. The Bertz CT molecular complexity index is 281. The topological polar surface area (TPSA) is 78.4 Å². The lowest BCUT2D eigenvalue weighted by Crippen LogP contribution is -2.48. The van der Waals surface area contributed by atoms with E-state index in [1.807, 2.05) is 0 Å². The molecule has 8 heteroatoms. The molecule has 0 aliphatic rings. The summed E-state index contributed by atoms with van der Waals surface area (Å²) in [6, 6.07) is -2.14. The minimum atomic E-state index is -4.31. The van der Waals surface area contributed by atoms with E-state index in [-0.39, 0.29) is 6.54 Å². The maximum Gasteiger partial charge on any atom is 0.390 e. The van der Waals surface area contributed by atoms with Gasteiger partial charge < -0.3 is 15.7 Å². The lowest BCUT2D eigenvalue weighted by Gasteiger charge is -2.19. The number of carbonyl (C=O) groups is 2. The number of carboxylic acids is 1. The van der Waals surface area contributed by atoms with Crippen LogP contribution in [0.25, 0.3) is 0 Å². The third-order valence-corrected chi connectivity index (χ3v) is 1.88. The number of amides is 1. The fourth-order valence-corrected chi connectivity index (χ4v) is 1.18. The number of hydrogen-bond donors (Lipinski definition) is 3. The Hall–Kier alpha value is -1.31. The predicted molar refractivity (Wildman–Crippen MR) is 53.4 cm³/mol. The highest BCUT2D eigenvalue weighted by atomic mass is 19.4. The van der Waals surface area contributed by atoms with Crippen molar-refractivity contribution in [1.29, 1.82) is 0 Å². The van der Waals surface area contributed by atoms with Crippen molar-refractivity contribution in [2.24, 2.45) is 0 Å². The maximum atomic E-state index is 12.0. The molecule has 3 N–H and O–H groups in total. The molecule has 0 aromatic carbocycles. The monoisotopic (exact) mass is 256 g/mol. The summed E-state index contributed by atoms with van der Waals surface area (Å²) in [5.41, 5.74) is 0. The van der Waals surface area contributed by atoms with Gasteiger partial charge in [0.15, 0.2) is 0 Å². The van der Waals surface area contributed by atoms with Crippen LogP contribution < -0.4 is 10.6 Å². The molecule has 1 amide bonds. The Morgan fingerprint density at radius 2 is 1.88 bits per heavy atom. The minimum Gasteiger partial charge on any atom is -0.480 e. The van der Waals surface area contributed by atoms with E-state index in [2.05, 4.69) is 10.6 Å².